The number of nitrogens with zero attached hydrogens (tertiary/aromatic N) is 1. The summed E-state index contributed by atoms with van der Waals surface area (Å²) in [6.07, 6.45) is -1.67. The van der Waals surface area contributed by atoms with Crippen LogP contribution in [-0.4, -0.2) is 53.3 Å². The van der Waals surface area contributed by atoms with Crippen LogP contribution >= 0.6 is 0 Å². The largest absolute Gasteiger partial charge is 0.445 e. The van der Waals surface area contributed by atoms with Crippen molar-refractivity contribution in [2.75, 3.05) is 24.5 Å². The Bertz CT molecular complexity index is 761. The van der Waals surface area contributed by atoms with Crippen LogP contribution in [0.25, 0.3) is 0 Å². The number of hydrogen-bond acceptors (Lipinski definition) is 6. The lowest BCUT2D eigenvalue weighted by Gasteiger charge is -2.31. The summed E-state index contributed by atoms with van der Waals surface area (Å²) in [5, 5.41) is 32.6. The number of ether oxygens (including phenoxy) is 1. The van der Waals surface area contributed by atoms with E-state index in [4.69, 9.17) is 4.74 Å². The van der Waals surface area contributed by atoms with Crippen LogP contribution in [0.4, 0.5) is 10.5 Å². The quantitative estimate of drug-likeness (QED) is 0.567. The molecule has 0 radical (unpaired) electrons. The van der Waals surface area contributed by atoms with Gasteiger partial charge in [0.25, 0.3) is 0 Å². The third kappa shape index (κ3) is 6.19. The van der Waals surface area contributed by atoms with Crippen LogP contribution in [0.1, 0.15) is 30.1 Å². The average molecular weight is 400 g/mol. The van der Waals surface area contributed by atoms with E-state index in [1.54, 1.807) is 12.1 Å². The van der Waals surface area contributed by atoms with E-state index in [-0.39, 0.29) is 19.3 Å². The van der Waals surface area contributed by atoms with Crippen LogP contribution in [0.5, 0.6) is 0 Å². The standard InChI is InChI=1S/C22H28N2O5/c25-19-10-12-24(13-11-19)18-8-6-17(7-9-18)21(27)20(26)14-23-22(28)29-15-16-4-2-1-3-5-16/h1-9,19-21,25-27H,10-15H2,(H,23,28). The van der Waals surface area contributed by atoms with Gasteiger partial charge in [-0.15, -0.1) is 0 Å². The van der Waals surface area contributed by atoms with E-state index in [2.05, 4.69) is 10.2 Å². The number of anilines is 1. The lowest BCUT2D eigenvalue weighted by atomic mass is 10.0. The summed E-state index contributed by atoms with van der Waals surface area (Å²) in [6, 6.07) is 16.6. The first-order valence-electron chi connectivity index (χ1n) is 9.86. The van der Waals surface area contributed by atoms with Gasteiger partial charge in [-0.05, 0) is 36.1 Å². The Kier molecular flexibility index (Phi) is 7.46. The van der Waals surface area contributed by atoms with Crippen LogP contribution in [0.2, 0.25) is 0 Å². The van der Waals surface area contributed by atoms with Crippen molar-refractivity contribution in [1.82, 2.24) is 5.32 Å². The molecule has 0 bridgehead atoms. The monoisotopic (exact) mass is 400 g/mol. The third-order valence-corrected chi connectivity index (χ3v) is 5.10. The number of carbonyl (C=O) groups excluding carboxylic acids is 1. The predicted molar refractivity (Wildman–Crippen MR) is 109 cm³/mol. The number of aliphatic hydroxyl groups is 3. The first kappa shape index (κ1) is 21.1. The van der Waals surface area contributed by atoms with Crippen molar-refractivity contribution < 1.29 is 24.9 Å². The van der Waals surface area contributed by atoms with Gasteiger partial charge in [-0.2, -0.15) is 0 Å². The van der Waals surface area contributed by atoms with Crippen LogP contribution in [0, 0.1) is 0 Å². The van der Waals surface area contributed by atoms with E-state index < -0.39 is 18.3 Å². The maximum atomic E-state index is 11.8. The molecule has 0 aliphatic carbocycles. The normalized spacial score (nSPS) is 16.9. The van der Waals surface area contributed by atoms with Gasteiger partial charge in [0, 0.05) is 25.3 Å². The Balaban J connectivity index is 1.44. The Morgan fingerprint density at radius 2 is 1.72 bits per heavy atom. The molecule has 1 fully saturated rings. The number of rotatable bonds is 7. The summed E-state index contributed by atoms with van der Waals surface area (Å²) < 4.78 is 5.09. The zero-order valence-corrected chi connectivity index (χ0v) is 16.3. The van der Waals surface area contributed by atoms with E-state index in [0.717, 1.165) is 37.2 Å². The third-order valence-electron chi connectivity index (χ3n) is 5.10. The Morgan fingerprint density at radius 3 is 2.38 bits per heavy atom. The molecule has 1 aliphatic rings. The molecule has 0 saturated carbocycles. The zero-order chi connectivity index (χ0) is 20.6. The van der Waals surface area contributed by atoms with Gasteiger partial charge in [0.15, 0.2) is 0 Å². The second kappa shape index (κ2) is 10.2. The highest BCUT2D eigenvalue weighted by molar-refractivity contribution is 5.67. The van der Waals surface area contributed by atoms with Crippen molar-refractivity contribution in [3.05, 3.63) is 65.7 Å². The molecule has 0 spiro atoms. The molecule has 7 nitrogen and oxygen atoms in total. The molecule has 1 amide bonds. The van der Waals surface area contributed by atoms with Crippen LogP contribution in [0.15, 0.2) is 54.6 Å². The number of hydrogen-bond donors (Lipinski definition) is 4. The Morgan fingerprint density at radius 1 is 1.07 bits per heavy atom. The molecule has 1 heterocycles. The van der Waals surface area contributed by atoms with Gasteiger partial charge in [0.2, 0.25) is 0 Å². The smallest absolute Gasteiger partial charge is 0.407 e. The molecule has 2 atom stereocenters. The minimum absolute atomic E-state index is 0.124. The first-order valence-corrected chi connectivity index (χ1v) is 9.86. The summed E-state index contributed by atoms with van der Waals surface area (Å²) in [6.45, 7) is 1.60. The lowest BCUT2D eigenvalue weighted by Crippen LogP contribution is -2.36. The summed E-state index contributed by atoms with van der Waals surface area (Å²) in [7, 11) is 0. The van der Waals surface area contributed by atoms with Gasteiger partial charge in [0.1, 0.15) is 18.8 Å². The highest BCUT2D eigenvalue weighted by Gasteiger charge is 2.21. The van der Waals surface area contributed by atoms with E-state index in [0.29, 0.717) is 5.56 Å². The predicted octanol–water partition coefficient (Wildman–Crippen LogP) is 1.97. The lowest BCUT2D eigenvalue weighted by molar-refractivity contribution is 0.0184. The topological polar surface area (TPSA) is 102 Å². The van der Waals surface area contributed by atoms with Gasteiger partial charge >= 0.3 is 6.09 Å². The molecule has 2 aromatic rings. The van der Waals surface area contributed by atoms with E-state index in [1.165, 1.54) is 0 Å². The van der Waals surface area contributed by atoms with Gasteiger partial charge < -0.3 is 30.3 Å². The SMILES string of the molecule is O=C(NCC(O)C(O)c1ccc(N2CCC(O)CC2)cc1)OCc1ccccc1. The number of piperidine rings is 1. The number of amides is 1. The van der Waals surface area contributed by atoms with Gasteiger partial charge in [0.05, 0.1) is 6.10 Å². The van der Waals surface area contributed by atoms with Crippen LogP contribution in [0.3, 0.4) is 0 Å². The van der Waals surface area contributed by atoms with Crippen molar-refractivity contribution in [1.29, 1.82) is 0 Å². The second-order valence-corrected chi connectivity index (χ2v) is 7.26. The van der Waals surface area contributed by atoms with Crippen LogP contribution < -0.4 is 10.2 Å². The van der Waals surface area contributed by atoms with E-state index in [9.17, 15) is 20.1 Å². The number of alkyl carbamates (subject to hydrolysis) is 1. The molecule has 2 unspecified atom stereocenters. The molecule has 0 aromatic heterocycles. The molecule has 156 valence electrons. The van der Waals surface area contributed by atoms with Crippen molar-refractivity contribution in [3.8, 4) is 0 Å². The Labute approximate surface area is 170 Å². The maximum Gasteiger partial charge on any atom is 0.407 e. The molecular formula is C22H28N2O5. The molecule has 2 aromatic carbocycles. The van der Waals surface area contributed by atoms with E-state index >= 15 is 0 Å². The van der Waals surface area contributed by atoms with Crippen molar-refractivity contribution in [3.63, 3.8) is 0 Å². The molecule has 1 aliphatic heterocycles. The summed E-state index contributed by atoms with van der Waals surface area (Å²) in [4.78, 5) is 14.0. The molecular weight excluding hydrogens is 372 g/mol. The Hall–Kier alpha value is -2.61. The minimum Gasteiger partial charge on any atom is -0.445 e. The highest BCUT2D eigenvalue weighted by Crippen LogP contribution is 2.24. The van der Waals surface area contributed by atoms with Gasteiger partial charge in [-0.25, -0.2) is 4.79 Å². The number of nitrogens with one attached hydrogen (secondary N) is 1. The molecule has 3 rings (SSSR count). The second-order valence-electron chi connectivity index (χ2n) is 7.26. The van der Waals surface area contributed by atoms with Crippen molar-refractivity contribution >= 4 is 11.8 Å². The fraction of sp³-hybridized carbons (Fsp3) is 0.409. The van der Waals surface area contributed by atoms with Crippen molar-refractivity contribution in [2.45, 2.75) is 37.8 Å². The molecule has 1 saturated heterocycles. The molecule has 29 heavy (non-hydrogen) atoms. The molecule has 7 heteroatoms. The fourth-order valence-electron chi connectivity index (χ4n) is 3.30. The fourth-order valence-corrected chi connectivity index (χ4v) is 3.30. The van der Waals surface area contributed by atoms with E-state index in [1.807, 2.05) is 42.5 Å². The first-order chi connectivity index (χ1) is 14.0. The summed E-state index contributed by atoms with van der Waals surface area (Å²) in [5.41, 5.74) is 2.45. The van der Waals surface area contributed by atoms with Crippen LogP contribution in [-0.2, 0) is 11.3 Å². The number of aliphatic hydroxyl groups excluding tert-OH is 3. The van der Waals surface area contributed by atoms with Gasteiger partial charge in [-0.3, -0.25) is 0 Å². The zero-order valence-electron chi connectivity index (χ0n) is 16.3. The summed E-state index contributed by atoms with van der Waals surface area (Å²) in [5.74, 6) is 0. The number of benzene rings is 2. The van der Waals surface area contributed by atoms with Gasteiger partial charge in [-0.1, -0.05) is 42.5 Å². The maximum absolute atomic E-state index is 11.8. The van der Waals surface area contributed by atoms with Crippen molar-refractivity contribution in [2.24, 2.45) is 0 Å². The summed E-state index contributed by atoms with van der Waals surface area (Å²) >= 11 is 0. The number of carbonyl (C=O) groups is 1. The highest BCUT2D eigenvalue weighted by atomic mass is 16.5. The average Bonchev–Trinajstić information content (AvgIpc) is 2.77. The molecule has 4 N–H and O–H groups in total. The minimum atomic E-state index is -1.16.